The van der Waals surface area contributed by atoms with E-state index >= 15 is 0 Å². The van der Waals surface area contributed by atoms with Crippen LogP contribution in [-0.4, -0.2) is 55.0 Å². The monoisotopic (exact) mass is 477 g/mol. The van der Waals surface area contributed by atoms with Gasteiger partial charge in [-0.05, 0) is 51.4 Å². The molecule has 2 rings (SSSR count). The van der Waals surface area contributed by atoms with Gasteiger partial charge in [-0.1, -0.05) is 0 Å². The molecule has 0 saturated carbocycles. The molecular formula is C17H31N3O7SSi2. The van der Waals surface area contributed by atoms with E-state index < -0.39 is 31.6 Å². The van der Waals surface area contributed by atoms with Gasteiger partial charge >= 0.3 is 0 Å². The number of sulfonamides is 1. The van der Waals surface area contributed by atoms with Gasteiger partial charge < -0.3 is 18.9 Å². The number of benzene rings is 1. The summed E-state index contributed by atoms with van der Waals surface area (Å²) >= 11 is 0. The van der Waals surface area contributed by atoms with Crippen LogP contribution >= 0.6 is 0 Å². The predicted molar refractivity (Wildman–Crippen MR) is 119 cm³/mol. The molecule has 170 valence electrons. The molecule has 0 unspecified atom stereocenters. The van der Waals surface area contributed by atoms with Gasteiger partial charge in [0.25, 0.3) is 5.69 Å². The van der Waals surface area contributed by atoms with Crippen LogP contribution < -0.4 is 10.5 Å². The summed E-state index contributed by atoms with van der Waals surface area (Å²) in [4.78, 5) is 10.4. The van der Waals surface area contributed by atoms with Crippen molar-refractivity contribution in [3.63, 3.8) is 0 Å². The molecule has 0 radical (unpaired) electrons. The van der Waals surface area contributed by atoms with Gasteiger partial charge in [0.05, 0.1) is 15.9 Å². The Balaban J connectivity index is 2.19. The number of nitrogens with zero attached hydrogens (tertiary/aromatic N) is 1. The first kappa shape index (κ1) is 24.9. The Morgan fingerprint density at radius 1 is 1.20 bits per heavy atom. The molecule has 1 aromatic rings. The standard InChI is InChI=1S/C17H31N3O7SSi2/c1-29(2,3)26-15-10-17(27-30(4,5)6)25-16(15)11-19-13-8-7-12(28(18,23)24)9-14(13)20(21)22/h7-9,15-17,19H,10-11H2,1-6H3,(H2,18,23,24)/t15-,16+,17+/m0/s1. The number of ether oxygens (including phenoxy) is 1. The SMILES string of the molecule is C[Si](C)(C)O[C@@H]1C[C@H](O[Si](C)(C)C)[C@@H](CNc2ccc(S(N)(=O)=O)cc2[N+](=O)[O-])O1. The van der Waals surface area contributed by atoms with Gasteiger partial charge in [-0.2, -0.15) is 0 Å². The highest BCUT2D eigenvalue weighted by Crippen LogP contribution is 2.31. The Bertz CT molecular complexity index is 884. The van der Waals surface area contributed by atoms with Gasteiger partial charge in [0.1, 0.15) is 11.8 Å². The van der Waals surface area contributed by atoms with E-state index in [1.54, 1.807) is 0 Å². The van der Waals surface area contributed by atoms with Gasteiger partial charge in [-0.15, -0.1) is 0 Å². The second-order valence-electron chi connectivity index (χ2n) is 9.20. The summed E-state index contributed by atoms with van der Waals surface area (Å²) in [5.41, 5.74) is -0.200. The number of anilines is 1. The lowest BCUT2D eigenvalue weighted by molar-refractivity contribution is -0.384. The van der Waals surface area contributed by atoms with Crippen LogP contribution in [0.25, 0.3) is 0 Å². The lowest BCUT2D eigenvalue weighted by Crippen LogP contribution is -2.39. The van der Waals surface area contributed by atoms with E-state index in [0.717, 1.165) is 6.07 Å². The van der Waals surface area contributed by atoms with Crippen molar-refractivity contribution in [3.8, 4) is 0 Å². The third-order valence-corrected chi connectivity index (χ3v) is 7.03. The average Bonchev–Trinajstić information content (AvgIpc) is 2.88. The summed E-state index contributed by atoms with van der Waals surface area (Å²) in [5.74, 6) is 0. The minimum Gasteiger partial charge on any atom is -0.412 e. The van der Waals surface area contributed by atoms with Crippen molar-refractivity contribution < 1.29 is 26.9 Å². The topological polar surface area (TPSA) is 143 Å². The number of nitro groups is 1. The van der Waals surface area contributed by atoms with E-state index in [-0.39, 0.29) is 41.3 Å². The molecular weight excluding hydrogens is 446 g/mol. The highest BCUT2D eigenvalue weighted by Gasteiger charge is 2.40. The van der Waals surface area contributed by atoms with E-state index in [0.29, 0.717) is 6.42 Å². The molecule has 0 aromatic heterocycles. The van der Waals surface area contributed by atoms with Crippen LogP contribution in [0.3, 0.4) is 0 Å². The summed E-state index contributed by atoms with van der Waals surface area (Å²) in [5, 5.41) is 19.5. The quantitative estimate of drug-likeness (QED) is 0.314. The molecule has 0 aliphatic carbocycles. The number of hydrogen-bond acceptors (Lipinski definition) is 8. The molecule has 1 aromatic carbocycles. The number of hydrogen-bond donors (Lipinski definition) is 2. The molecule has 1 aliphatic rings. The summed E-state index contributed by atoms with van der Waals surface area (Å²) in [6.07, 6.45) is -0.360. The molecule has 30 heavy (non-hydrogen) atoms. The summed E-state index contributed by atoms with van der Waals surface area (Å²) < 4.78 is 41.4. The van der Waals surface area contributed by atoms with Gasteiger partial charge in [0.15, 0.2) is 22.9 Å². The lowest BCUT2D eigenvalue weighted by Gasteiger charge is -2.26. The molecule has 0 bridgehead atoms. The van der Waals surface area contributed by atoms with Crippen LogP contribution in [0, 0.1) is 10.1 Å². The number of nitrogens with two attached hydrogens (primary N) is 1. The zero-order valence-electron chi connectivity index (χ0n) is 18.2. The Hall–Kier alpha value is -1.36. The van der Waals surface area contributed by atoms with Crippen molar-refractivity contribution in [2.24, 2.45) is 5.14 Å². The predicted octanol–water partition coefficient (Wildman–Crippen LogP) is 2.84. The number of nitro benzene ring substituents is 1. The molecule has 1 aliphatic heterocycles. The number of nitrogens with one attached hydrogen (secondary N) is 1. The molecule has 0 amide bonds. The summed E-state index contributed by atoms with van der Waals surface area (Å²) in [6, 6.07) is 3.50. The lowest BCUT2D eigenvalue weighted by atomic mass is 10.2. The fraction of sp³-hybridized carbons (Fsp3) is 0.647. The van der Waals surface area contributed by atoms with Crippen molar-refractivity contribution >= 4 is 38.0 Å². The largest absolute Gasteiger partial charge is 0.412 e. The minimum absolute atomic E-state index is 0.178. The summed E-state index contributed by atoms with van der Waals surface area (Å²) in [7, 11) is -7.73. The van der Waals surface area contributed by atoms with Crippen molar-refractivity contribution in [1.29, 1.82) is 0 Å². The number of rotatable bonds is 9. The molecule has 1 saturated heterocycles. The van der Waals surface area contributed by atoms with Crippen LogP contribution in [0.15, 0.2) is 23.1 Å². The van der Waals surface area contributed by atoms with Crippen LogP contribution in [0.4, 0.5) is 11.4 Å². The van der Waals surface area contributed by atoms with Crippen LogP contribution in [-0.2, 0) is 23.6 Å². The smallest absolute Gasteiger partial charge is 0.293 e. The molecule has 1 fully saturated rings. The van der Waals surface area contributed by atoms with E-state index in [2.05, 4.69) is 44.6 Å². The Morgan fingerprint density at radius 2 is 1.80 bits per heavy atom. The Morgan fingerprint density at radius 3 is 2.30 bits per heavy atom. The third-order valence-electron chi connectivity index (χ3n) is 4.14. The molecule has 13 heteroatoms. The molecule has 0 spiro atoms. The zero-order chi connectivity index (χ0) is 22.9. The van der Waals surface area contributed by atoms with E-state index in [9.17, 15) is 18.5 Å². The van der Waals surface area contributed by atoms with Crippen molar-refractivity contribution in [1.82, 2.24) is 0 Å². The van der Waals surface area contributed by atoms with Crippen molar-refractivity contribution in [2.45, 2.75) is 69.1 Å². The van der Waals surface area contributed by atoms with Crippen molar-refractivity contribution in [3.05, 3.63) is 28.3 Å². The third kappa shape index (κ3) is 7.40. The van der Waals surface area contributed by atoms with Crippen LogP contribution in [0.5, 0.6) is 0 Å². The molecule has 3 N–H and O–H groups in total. The molecule has 1 heterocycles. The van der Waals surface area contributed by atoms with Crippen LogP contribution in [0.1, 0.15) is 6.42 Å². The van der Waals surface area contributed by atoms with E-state index in [1.165, 1.54) is 12.1 Å². The van der Waals surface area contributed by atoms with E-state index in [4.69, 9.17) is 18.7 Å². The summed E-state index contributed by atoms with van der Waals surface area (Å²) in [6.45, 7) is 12.7. The number of primary sulfonamides is 1. The first-order chi connectivity index (χ1) is 13.5. The first-order valence-corrected chi connectivity index (χ1v) is 18.0. The normalized spacial score (nSPS) is 22.8. The van der Waals surface area contributed by atoms with Gasteiger partial charge in [-0.3, -0.25) is 10.1 Å². The maximum absolute atomic E-state index is 11.5. The first-order valence-electron chi connectivity index (χ1n) is 9.61. The Kier molecular flexibility index (Phi) is 7.49. The second kappa shape index (κ2) is 9.02. The fourth-order valence-corrected chi connectivity index (χ4v) is 5.74. The van der Waals surface area contributed by atoms with Crippen molar-refractivity contribution in [2.75, 3.05) is 11.9 Å². The Labute approximate surface area is 179 Å². The highest BCUT2D eigenvalue weighted by molar-refractivity contribution is 7.89. The maximum atomic E-state index is 11.5. The highest BCUT2D eigenvalue weighted by atomic mass is 32.2. The van der Waals surface area contributed by atoms with Crippen LogP contribution in [0.2, 0.25) is 39.3 Å². The van der Waals surface area contributed by atoms with Gasteiger partial charge in [0.2, 0.25) is 10.0 Å². The minimum atomic E-state index is -4.04. The van der Waals surface area contributed by atoms with Gasteiger partial charge in [0, 0.05) is 19.0 Å². The zero-order valence-corrected chi connectivity index (χ0v) is 21.0. The molecule has 3 atom stereocenters. The maximum Gasteiger partial charge on any atom is 0.293 e. The second-order valence-corrected chi connectivity index (χ2v) is 19.7. The fourth-order valence-electron chi connectivity index (χ4n) is 3.11. The molecule has 10 nitrogen and oxygen atoms in total. The average molecular weight is 478 g/mol. The van der Waals surface area contributed by atoms with E-state index in [1.807, 2.05) is 0 Å². The van der Waals surface area contributed by atoms with Gasteiger partial charge in [-0.25, -0.2) is 13.6 Å².